The van der Waals surface area contributed by atoms with Crippen LogP contribution in [0.5, 0.6) is 5.75 Å². The molecule has 8 nitrogen and oxygen atoms in total. The molecule has 4 rings (SSSR count). The summed E-state index contributed by atoms with van der Waals surface area (Å²) in [4.78, 5) is 24.9. The topological polar surface area (TPSA) is 81.5 Å². The third-order valence-electron chi connectivity index (χ3n) is 5.78. The number of nitrogens with one attached hydrogen (secondary N) is 1. The van der Waals surface area contributed by atoms with Gasteiger partial charge in [-0.15, -0.1) is 11.3 Å². The highest BCUT2D eigenvalue weighted by Crippen LogP contribution is 2.31. The second kappa shape index (κ2) is 10.1. The molecule has 1 aliphatic heterocycles. The summed E-state index contributed by atoms with van der Waals surface area (Å²) in [5.74, 6) is 1.17. The maximum Gasteiger partial charge on any atom is 0.277 e. The molecule has 0 bridgehead atoms. The molecule has 3 aromatic rings. The second-order valence-corrected chi connectivity index (χ2v) is 9.07. The summed E-state index contributed by atoms with van der Waals surface area (Å²) in [6.07, 6.45) is 2.33. The molecule has 1 N–H and O–H groups in total. The molecule has 176 valence electrons. The van der Waals surface area contributed by atoms with Crippen LogP contribution in [-0.2, 0) is 18.2 Å². The first-order valence-electron chi connectivity index (χ1n) is 10.9. The Morgan fingerprint density at radius 2 is 2.12 bits per heavy atom. The number of rotatable bonds is 8. The molecule has 1 fully saturated rings. The Labute approximate surface area is 202 Å². The molecule has 2 atom stereocenters. The van der Waals surface area contributed by atoms with E-state index in [4.69, 9.17) is 26.1 Å². The minimum absolute atomic E-state index is 0.0657. The van der Waals surface area contributed by atoms with E-state index >= 15 is 0 Å². The van der Waals surface area contributed by atoms with Crippen molar-refractivity contribution < 1.29 is 9.47 Å². The molecule has 10 heteroatoms. The van der Waals surface area contributed by atoms with Gasteiger partial charge >= 0.3 is 0 Å². The van der Waals surface area contributed by atoms with Crippen LogP contribution in [0.2, 0.25) is 5.02 Å². The Bertz CT molecular complexity index is 1170. The molecule has 3 heterocycles. The van der Waals surface area contributed by atoms with Crippen molar-refractivity contribution in [1.29, 1.82) is 0 Å². The van der Waals surface area contributed by atoms with Crippen molar-refractivity contribution in [2.24, 2.45) is 7.05 Å². The zero-order valence-electron chi connectivity index (χ0n) is 19.2. The first kappa shape index (κ1) is 23.5. The molecule has 0 spiro atoms. The van der Waals surface area contributed by atoms with Crippen molar-refractivity contribution >= 4 is 33.8 Å². The Hall–Kier alpha value is -2.62. The van der Waals surface area contributed by atoms with Crippen LogP contribution in [0.1, 0.15) is 19.5 Å². The lowest BCUT2D eigenvalue weighted by atomic mass is 10.1. The van der Waals surface area contributed by atoms with E-state index in [-0.39, 0.29) is 17.7 Å². The Morgan fingerprint density at radius 3 is 2.76 bits per heavy atom. The smallest absolute Gasteiger partial charge is 0.277 e. The van der Waals surface area contributed by atoms with E-state index in [0.29, 0.717) is 59.7 Å². The maximum absolute atomic E-state index is 13.5. The van der Waals surface area contributed by atoms with Crippen molar-refractivity contribution in [3.8, 4) is 17.1 Å². The lowest BCUT2D eigenvalue weighted by Crippen LogP contribution is -2.38. The molecule has 0 radical (unpaired) electrons. The third kappa shape index (κ3) is 4.71. The number of thiazole rings is 1. The fraction of sp³-hybridized carbons (Fsp3) is 0.435. The molecule has 0 saturated carbocycles. The average molecular weight is 490 g/mol. The quantitative estimate of drug-likeness (QED) is 0.515. The molecule has 1 saturated heterocycles. The standard InChI is InChI=1S/C23H28ClN5O3S/c1-5-17-20(26-18-12-29(13-19(18)32-6-2)23-25-9-10-33-23)22(30)28(3)21(27-17)15-8-7-14(31-4)11-16(15)24/h7-11,18-19,26H,5-6,12-13H2,1-4H3. The van der Waals surface area contributed by atoms with Gasteiger partial charge in [-0.05, 0) is 31.5 Å². The van der Waals surface area contributed by atoms with Crippen molar-refractivity contribution in [2.75, 3.05) is 37.0 Å². The van der Waals surface area contributed by atoms with Gasteiger partial charge < -0.3 is 19.7 Å². The maximum atomic E-state index is 13.5. The largest absolute Gasteiger partial charge is 0.497 e. The van der Waals surface area contributed by atoms with Crippen molar-refractivity contribution in [2.45, 2.75) is 32.4 Å². The van der Waals surface area contributed by atoms with E-state index in [1.54, 1.807) is 42.3 Å². The lowest BCUT2D eigenvalue weighted by molar-refractivity contribution is 0.0720. The number of halogens is 1. The second-order valence-electron chi connectivity index (χ2n) is 7.78. The number of anilines is 2. The van der Waals surface area contributed by atoms with Gasteiger partial charge in [-0.2, -0.15) is 0 Å². The number of aryl methyl sites for hydroxylation is 1. The van der Waals surface area contributed by atoms with E-state index < -0.39 is 0 Å². The predicted octanol–water partition coefficient (Wildman–Crippen LogP) is 3.83. The summed E-state index contributed by atoms with van der Waals surface area (Å²) in [6.45, 7) is 5.97. The van der Waals surface area contributed by atoms with E-state index in [0.717, 1.165) is 5.13 Å². The number of hydrogen-bond acceptors (Lipinski definition) is 8. The molecule has 0 aliphatic carbocycles. The van der Waals surface area contributed by atoms with Crippen molar-refractivity contribution in [1.82, 2.24) is 14.5 Å². The van der Waals surface area contributed by atoms with Crippen molar-refractivity contribution in [3.63, 3.8) is 0 Å². The monoisotopic (exact) mass is 489 g/mol. The molecule has 2 aromatic heterocycles. The Kier molecular flexibility index (Phi) is 7.21. The summed E-state index contributed by atoms with van der Waals surface area (Å²) >= 11 is 8.08. The van der Waals surface area contributed by atoms with Crippen LogP contribution in [0.25, 0.3) is 11.4 Å². The molecular formula is C23H28ClN5O3S. The zero-order valence-corrected chi connectivity index (χ0v) is 20.7. The molecule has 0 amide bonds. The van der Waals surface area contributed by atoms with Gasteiger partial charge in [-0.25, -0.2) is 9.97 Å². The van der Waals surface area contributed by atoms with E-state index in [1.165, 1.54) is 0 Å². The number of hydrogen-bond donors (Lipinski definition) is 1. The lowest BCUT2D eigenvalue weighted by Gasteiger charge is -2.22. The summed E-state index contributed by atoms with van der Waals surface area (Å²) < 4.78 is 12.8. The van der Waals surface area contributed by atoms with Crippen LogP contribution in [0.15, 0.2) is 34.6 Å². The van der Waals surface area contributed by atoms with Gasteiger partial charge in [0.25, 0.3) is 5.56 Å². The van der Waals surface area contributed by atoms with Crippen molar-refractivity contribution in [3.05, 3.63) is 50.8 Å². The number of benzene rings is 1. The molecular weight excluding hydrogens is 462 g/mol. The number of nitrogens with zero attached hydrogens (tertiary/aromatic N) is 4. The summed E-state index contributed by atoms with van der Waals surface area (Å²) in [5, 5.41) is 6.86. The van der Waals surface area contributed by atoms with Crippen LogP contribution < -0.4 is 20.5 Å². The van der Waals surface area contributed by atoms with Gasteiger partial charge in [0, 0.05) is 43.9 Å². The SMILES string of the molecule is CCOC1CN(c2nccs2)CC1Nc1c(CC)nc(-c2ccc(OC)cc2Cl)n(C)c1=O. The fourth-order valence-corrected chi connectivity index (χ4v) is 5.02. The normalized spacial score (nSPS) is 18.0. The minimum Gasteiger partial charge on any atom is -0.497 e. The number of ether oxygens (including phenoxy) is 2. The van der Waals surface area contributed by atoms with Gasteiger partial charge in [0.15, 0.2) is 5.13 Å². The highest BCUT2D eigenvalue weighted by atomic mass is 35.5. The highest BCUT2D eigenvalue weighted by molar-refractivity contribution is 7.13. The average Bonchev–Trinajstić information content (AvgIpc) is 3.48. The van der Waals surface area contributed by atoms with E-state index in [2.05, 4.69) is 15.2 Å². The van der Waals surface area contributed by atoms with Crippen LogP contribution in [-0.4, -0.2) is 53.5 Å². The molecule has 33 heavy (non-hydrogen) atoms. The zero-order chi connectivity index (χ0) is 23.5. The van der Waals surface area contributed by atoms with Gasteiger partial charge in [-0.1, -0.05) is 18.5 Å². The van der Waals surface area contributed by atoms with Crippen LogP contribution in [0, 0.1) is 0 Å². The molecule has 1 aliphatic rings. The summed E-state index contributed by atoms with van der Waals surface area (Å²) in [5.41, 5.74) is 1.74. The van der Waals surface area contributed by atoms with Gasteiger partial charge in [0.1, 0.15) is 17.3 Å². The van der Waals surface area contributed by atoms with Crippen LogP contribution in [0.4, 0.5) is 10.8 Å². The highest BCUT2D eigenvalue weighted by Gasteiger charge is 2.35. The van der Waals surface area contributed by atoms with Gasteiger partial charge in [0.05, 0.1) is 30.0 Å². The Morgan fingerprint density at radius 1 is 1.30 bits per heavy atom. The first-order valence-corrected chi connectivity index (χ1v) is 12.2. The van der Waals surface area contributed by atoms with Crippen LogP contribution in [0.3, 0.4) is 0 Å². The first-order chi connectivity index (χ1) is 16.0. The van der Waals surface area contributed by atoms with E-state index in [9.17, 15) is 4.79 Å². The van der Waals surface area contributed by atoms with Gasteiger partial charge in [0.2, 0.25) is 0 Å². The summed E-state index contributed by atoms with van der Waals surface area (Å²) in [7, 11) is 3.30. The predicted molar refractivity (Wildman–Crippen MR) is 133 cm³/mol. The third-order valence-corrected chi connectivity index (χ3v) is 6.93. The molecule has 1 aromatic carbocycles. The molecule has 2 unspecified atom stereocenters. The van der Waals surface area contributed by atoms with Crippen LogP contribution >= 0.6 is 22.9 Å². The minimum atomic E-state index is -0.147. The summed E-state index contributed by atoms with van der Waals surface area (Å²) in [6, 6.07) is 5.29. The fourth-order valence-electron chi connectivity index (χ4n) is 4.10. The Balaban J connectivity index is 1.68. The number of methoxy groups -OCH3 is 1. The van der Waals surface area contributed by atoms with Gasteiger partial charge in [-0.3, -0.25) is 9.36 Å². The number of aromatic nitrogens is 3. The van der Waals surface area contributed by atoms with E-state index in [1.807, 2.05) is 31.4 Å².